The average Bonchev–Trinajstić information content (AvgIpc) is 2.26. The van der Waals surface area contributed by atoms with Crippen LogP contribution in [-0.2, 0) is 9.53 Å². The van der Waals surface area contributed by atoms with Crippen LogP contribution in [-0.4, -0.2) is 60.8 Å². The summed E-state index contributed by atoms with van der Waals surface area (Å²) in [6.45, 7) is -1.89. The highest BCUT2D eigenvalue weighted by Gasteiger charge is 2.27. The van der Waals surface area contributed by atoms with Gasteiger partial charge in [0, 0.05) is 19.5 Å². The summed E-state index contributed by atoms with van der Waals surface area (Å²) >= 11 is 0. The summed E-state index contributed by atoms with van der Waals surface area (Å²) < 4.78 is 39.2. The third-order valence-electron chi connectivity index (χ3n) is 1.79. The lowest BCUT2D eigenvalue weighted by molar-refractivity contribution is -0.173. The van der Waals surface area contributed by atoms with Gasteiger partial charge in [-0.25, -0.2) is 9.59 Å². The van der Waals surface area contributed by atoms with E-state index in [0.717, 1.165) is 0 Å². The third kappa shape index (κ3) is 11.3. The molecule has 0 aromatic carbocycles. The number of ether oxygens (including phenoxy) is 1. The van der Waals surface area contributed by atoms with Crippen molar-refractivity contribution in [1.82, 2.24) is 10.6 Å². The van der Waals surface area contributed by atoms with Crippen molar-refractivity contribution in [2.24, 2.45) is 0 Å². The number of hydrogen-bond donors (Lipinski definition) is 4. The van der Waals surface area contributed by atoms with E-state index in [9.17, 15) is 22.8 Å². The Morgan fingerprint density at radius 3 is 2.32 bits per heavy atom. The Balaban J connectivity index is 3.48. The Bertz CT molecular complexity index is 298. The molecule has 0 saturated carbocycles. The molecule has 0 bridgehead atoms. The van der Waals surface area contributed by atoms with Gasteiger partial charge in [0.1, 0.15) is 6.61 Å². The van der Waals surface area contributed by atoms with Crippen LogP contribution in [0.15, 0.2) is 0 Å². The van der Waals surface area contributed by atoms with Gasteiger partial charge in [0.15, 0.2) is 6.10 Å². The number of aliphatic hydroxyl groups excluding tert-OH is 1. The number of nitrogens with one attached hydrogen (secondary N) is 2. The van der Waals surface area contributed by atoms with E-state index < -0.39 is 30.9 Å². The second kappa shape index (κ2) is 8.53. The van der Waals surface area contributed by atoms with Gasteiger partial charge < -0.3 is 25.6 Å². The number of urea groups is 1. The Hall–Kier alpha value is -1.55. The van der Waals surface area contributed by atoms with Crippen LogP contribution in [0.2, 0.25) is 0 Å². The molecule has 0 aromatic rings. The number of halogens is 3. The molecule has 19 heavy (non-hydrogen) atoms. The summed E-state index contributed by atoms with van der Waals surface area (Å²) in [6.07, 6.45) is -6.15. The molecule has 0 heterocycles. The van der Waals surface area contributed by atoms with Gasteiger partial charge in [0.05, 0.1) is 6.61 Å². The van der Waals surface area contributed by atoms with Crippen molar-refractivity contribution in [3.8, 4) is 0 Å². The minimum absolute atomic E-state index is 0.0806. The SMILES string of the molecule is O=C(NCCOCC(F)(F)F)NCCC(O)C(=O)O. The molecule has 7 nitrogen and oxygen atoms in total. The van der Waals surface area contributed by atoms with Gasteiger partial charge in [-0.15, -0.1) is 0 Å². The summed E-state index contributed by atoms with van der Waals surface area (Å²) in [5, 5.41) is 21.6. The molecule has 0 aliphatic heterocycles. The van der Waals surface area contributed by atoms with Crippen LogP contribution in [0.5, 0.6) is 0 Å². The van der Waals surface area contributed by atoms with Crippen molar-refractivity contribution >= 4 is 12.0 Å². The second-order valence-electron chi connectivity index (χ2n) is 3.49. The first-order chi connectivity index (χ1) is 8.72. The largest absolute Gasteiger partial charge is 0.479 e. The number of carbonyl (C=O) groups is 2. The molecule has 10 heteroatoms. The number of aliphatic hydroxyl groups is 1. The zero-order chi connectivity index (χ0) is 14.9. The van der Waals surface area contributed by atoms with Crippen LogP contribution in [0.4, 0.5) is 18.0 Å². The van der Waals surface area contributed by atoms with Crippen molar-refractivity contribution < 1.29 is 37.7 Å². The summed E-state index contributed by atoms with van der Waals surface area (Å²) in [6, 6.07) is -0.687. The van der Waals surface area contributed by atoms with Crippen LogP contribution >= 0.6 is 0 Å². The Morgan fingerprint density at radius 2 is 1.79 bits per heavy atom. The Labute approximate surface area is 106 Å². The first-order valence-corrected chi connectivity index (χ1v) is 5.29. The molecule has 1 unspecified atom stereocenters. The van der Waals surface area contributed by atoms with Gasteiger partial charge in [0.25, 0.3) is 0 Å². The molecular formula is C9H15F3N2O5. The van der Waals surface area contributed by atoms with Crippen LogP contribution in [0, 0.1) is 0 Å². The van der Waals surface area contributed by atoms with E-state index in [1.165, 1.54) is 0 Å². The predicted molar refractivity (Wildman–Crippen MR) is 56.5 cm³/mol. The first-order valence-electron chi connectivity index (χ1n) is 5.29. The van der Waals surface area contributed by atoms with Gasteiger partial charge >= 0.3 is 18.2 Å². The zero-order valence-electron chi connectivity index (χ0n) is 9.87. The number of aliphatic carboxylic acids is 1. The van der Waals surface area contributed by atoms with E-state index in [1.54, 1.807) is 0 Å². The highest BCUT2D eigenvalue weighted by molar-refractivity contribution is 5.74. The number of rotatable bonds is 8. The molecule has 0 aliphatic carbocycles. The van der Waals surface area contributed by atoms with Crippen molar-refractivity contribution in [1.29, 1.82) is 0 Å². The number of carboxylic acid groups (broad SMARTS) is 1. The maximum atomic E-state index is 11.7. The lowest BCUT2D eigenvalue weighted by Crippen LogP contribution is -2.39. The third-order valence-corrected chi connectivity index (χ3v) is 1.79. The zero-order valence-corrected chi connectivity index (χ0v) is 9.87. The van der Waals surface area contributed by atoms with Crippen molar-refractivity contribution in [2.45, 2.75) is 18.7 Å². The second-order valence-corrected chi connectivity index (χ2v) is 3.49. The number of carbonyl (C=O) groups excluding carboxylic acids is 1. The molecule has 0 rings (SSSR count). The normalized spacial score (nSPS) is 12.8. The molecule has 1 atom stereocenters. The van der Waals surface area contributed by atoms with Crippen molar-refractivity contribution in [3.63, 3.8) is 0 Å². The summed E-state index contributed by atoms with van der Waals surface area (Å²) in [4.78, 5) is 21.2. The fourth-order valence-electron chi connectivity index (χ4n) is 0.933. The van der Waals surface area contributed by atoms with Gasteiger partial charge in [0.2, 0.25) is 0 Å². The van der Waals surface area contributed by atoms with E-state index in [2.05, 4.69) is 15.4 Å². The molecular weight excluding hydrogens is 273 g/mol. The van der Waals surface area contributed by atoms with E-state index in [1.807, 2.05) is 0 Å². The molecule has 0 fully saturated rings. The van der Waals surface area contributed by atoms with E-state index in [-0.39, 0.29) is 26.1 Å². The highest BCUT2D eigenvalue weighted by Crippen LogP contribution is 2.13. The van der Waals surface area contributed by atoms with Gasteiger partial charge in [-0.2, -0.15) is 13.2 Å². The molecule has 112 valence electrons. The maximum absolute atomic E-state index is 11.7. The molecule has 2 amide bonds. The maximum Gasteiger partial charge on any atom is 0.411 e. The van der Waals surface area contributed by atoms with Crippen LogP contribution in [0.25, 0.3) is 0 Å². The van der Waals surface area contributed by atoms with Crippen LogP contribution in [0.1, 0.15) is 6.42 Å². The fourth-order valence-corrected chi connectivity index (χ4v) is 0.933. The standard InChI is InChI=1S/C9H15F3N2O5/c10-9(11,12)5-19-4-3-14-8(18)13-2-1-6(15)7(16)17/h6,15H,1-5H2,(H,16,17)(H2,13,14,18). The molecule has 0 saturated heterocycles. The average molecular weight is 288 g/mol. The summed E-state index contributed by atoms with van der Waals surface area (Å²) in [5.41, 5.74) is 0. The van der Waals surface area contributed by atoms with Crippen LogP contribution < -0.4 is 10.6 Å². The van der Waals surface area contributed by atoms with Crippen molar-refractivity contribution in [3.05, 3.63) is 0 Å². The smallest absolute Gasteiger partial charge is 0.411 e. The topological polar surface area (TPSA) is 108 Å². The summed E-state index contributed by atoms with van der Waals surface area (Å²) in [5.74, 6) is -1.40. The van der Waals surface area contributed by atoms with Crippen LogP contribution in [0.3, 0.4) is 0 Å². The number of alkyl halides is 3. The monoisotopic (exact) mass is 288 g/mol. The van der Waals surface area contributed by atoms with E-state index in [4.69, 9.17) is 10.2 Å². The van der Waals surface area contributed by atoms with Gasteiger partial charge in [-0.1, -0.05) is 0 Å². The Morgan fingerprint density at radius 1 is 1.21 bits per heavy atom. The first kappa shape index (κ1) is 17.4. The van der Waals surface area contributed by atoms with Gasteiger partial charge in [-0.3, -0.25) is 0 Å². The summed E-state index contributed by atoms with van der Waals surface area (Å²) in [7, 11) is 0. The van der Waals surface area contributed by atoms with Crippen molar-refractivity contribution in [2.75, 3.05) is 26.3 Å². The molecule has 4 N–H and O–H groups in total. The molecule has 0 aliphatic rings. The lowest BCUT2D eigenvalue weighted by atomic mass is 10.2. The minimum atomic E-state index is -4.41. The van der Waals surface area contributed by atoms with Gasteiger partial charge in [-0.05, 0) is 0 Å². The predicted octanol–water partition coefficient (Wildman–Crippen LogP) is -0.300. The molecule has 0 radical (unpaired) electrons. The Kier molecular flexibility index (Phi) is 7.84. The van der Waals surface area contributed by atoms with E-state index >= 15 is 0 Å². The number of carboxylic acids is 1. The number of hydrogen-bond acceptors (Lipinski definition) is 4. The fraction of sp³-hybridized carbons (Fsp3) is 0.778. The quantitative estimate of drug-likeness (QED) is 0.459. The molecule has 0 aromatic heterocycles. The number of amides is 2. The minimum Gasteiger partial charge on any atom is -0.479 e. The molecule has 0 spiro atoms. The highest BCUT2D eigenvalue weighted by atomic mass is 19.4. The van der Waals surface area contributed by atoms with E-state index in [0.29, 0.717) is 0 Å². The lowest BCUT2D eigenvalue weighted by Gasteiger charge is -2.10.